The number of aliphatic hydroxyl groups excluding tert-OH is 3. The Bertz CT molecular complexity index is 1540. The Kier molecular flexibility index (Phi) is 36.2. The van der Waals surface area contributed by atoms with Gasteiger partial charge in [0, 0.05) is 12.8 Å². The predicted molar refractivity (Wildman–Crippen MR) is 276 cm³/mol. The average Bonchev–Trinajstić information content (AvgIpc) is 3.57. The number of unbranched alkanes of at least 4 members (excludes halogenated alkanes) is 24. The van der Waals surface area contributed by atoms with E-state index in [1.165, 1.54) is 164 Å². The van der Waals surface area contributed by atoms with E-state index < -0.39 is 42.3 Å². The van der Waals surface area contributed by atoms with E-state index >= 15 is 0 Å². The molecule has 0 bridgehead atoms. The van der Waals surface area contributed by atoms with Gasteiger partial charge < -0.3 is 29.5 Å². The molecule has 9 heteroatoms. The highest BCUT2D eigenvalue weighted by Crippen LogP contribution is 2.40. The zero-order valence-corrected chi connectivity index (χ0v) is 43.7. The molecule has 0 aromatic rings. The lowest BCUT2D eigenvalue weighted by molar-refractivity contribution is -0.151. The number of allylic oxidation sites excluding steroid dienone is 9. The zero-order chi connectivity index (χ0) is 49.5. The molecule has 0 aromatic heterocycles. The highest BCUT2D eigenvalue weighted by molar-refractivity contribution is 5.90. The first-order valence-electron chi connectivity index (χ1n) is 27.0. The third kappa shape index (κ3) is 30.6. The standard InChI is InChI=1S/C36H60O2.C22H38O7/c1-7-8-9-10-11-12-13-14-15-16-17-18-19-25-35(37)38-30-28-32(3)23-20-22-31(2)26-27-34-33(4)24-21-29-36(34,5)6;1-2-3-4-5-6-7-8-9-10-11-12-13-14-15-18(25)28-21-19(26)22(27)29-20(21)17(24)16-23/h20,22-23,26-28H,7-19,21,24-25,29-30H2,1-6H3;17,20,23-24,26H,2-16H2,1H3/t;17-,20+/m.0/s1. The summed E-state index contributed by atoms with van der Waals surface area (Å²) >= 11 is 0. The van der Waals surface area contributed by atoms with Crippen LogP contribution < -0.4 is 0 Å². The molecule has 0 spiro atoms. The maximum absolute atomic E-state index is 12.0. The summed E-state index contributed by atoms with van der Waals surface area (Å²) in [6, 6.07) is 0. The van der Waals surface area contributed by atoms with Gasteiger partial charge in [-0.1, -0.05) is 229 Å². The van der Waals surface area contributed by atoms with E-state index in [-0.39, 0.29) is 17.8 Å². The number of esters is 3. The van der Waals surface area contributed by atoms with Crippen LogP contribution >= 0.6 is 0 Å². The van der Waals surface area contributed by atoms with Crippen molar-refractivity contribution < 1.29 is 43.9 Å². The van der Waals surface area contributed by atoms with Gasteiger partial charge in [-0.2, -0.15) is 0 Å². The fraction of sp³-hybridized carbons (Fsp3) is 0.741. The first kappa shape index (κ1) is 61.6. The summed E-state index contributed by atoms with van der Waals surface area (Å²) in [6.45, 7) is 15.4. The second-order valence-electron chi connectivity index (χ2n) is 19.9. The number of cyclic esters (lactones) is 1. The molecule has 1 aliphatic heterocycles. The SMILES string of the molecule is CCCCCCCCCCCCCCCC(=O)OC1=C(O)C(=O)O[C@@H]1[C@@H](O)CO.CCCCCCCCCCCCCCCC(=O)OCC=C(C)C=CC=C(C)C=CC1=C(C)CCCC1(C)C. The number of carbonyl (C=O) groups excluding carboxylic acids is 3. The third-order valence-electron chi connectivity index (χ3n) is 13.1. The number of hydrogen-bond acceptors (Lipinski definition) is 9. The van der Waals surface area contributed by atoms with Crippen LogP contribution in [0.4, 0.5) is 0 Å². The molecular formula is C58H98O9. The number of aliphatic hydroxyl groups is 3. The average molecular weight is 939 g/mol. The van der Waals surface area contributed by atoms with Crippen LogP contribution in [0.5, 0.6) is 0 Å². The lowest BCUT2D eigenvalue weighted by atomic mass is 9.72. The molecule has 0 radical (unpaired) electrons. The van der Waals surface area contributed by atoms with Gasteiger partial charge in [-0.3, -0.25) is 9.59 Å². The summed E-state index contributed by atoms with van der Waals surface area (Å²) in [6.07, 6.45) is 47.2. The van der Waals surface area contributed by atoms with Gasteiger partial charge in [0.2, 0.25) is 11.5 Å². The fourth-order valence-corrected chi connectivity index (χ4v) is 8.70. The van der Waals surface area contributed by atoms with Gasteiger partial charge in [-0.05, 0) is 69.9 Å². The number of ether oxygens (including phenoxy) is 3. The summed E-state index contributed by atoms with van der Waals surface area (Å²) in [5, 5.41) is 28.2. The van der Waals surface area contributed by atoms with Gasteiger partial charge in [-0.15, -0.1) is 0 Å². The molecule has 2 aliphatic rings. The summed E-state index contributed by atoms with van der Waals surface area (Å²) in [5.74, 6) is -3.00. The Morgan fingerprint density at radius 1 is 0.716 bits per heavy atom. The molecule has 0 amide bonds. The van der Waals surface area contributed by atoms with Gasteiger partial charge in [0.05, 0.1) is 6.61 Å². The largest absolute Gasteiger partial charge is 0.499 e. The van der Waals surface area contributed by atoms with Gasteiger partial charge in [-0.25, -0.2) is 4.79 Å². The van der Waals surface area contributed by atoms with Crippen molar-refractivity contribution in [1.82, 2.24) is 0 Å². The Balaban J connectivity index is 0.000000695. The number of carbonyl (C=O) groups is 3. The van der Waals surface area contributed by atoms with Crippen LogP contribution in [-0.4, -0.2) is 58.6 Å². The van der Waals surface area contributed by atoms with Crippen molar-refractivity contribution in [3.63, 3.8) is 0 Å². The van der Waals surface area contributed by atoms with Gasteiger partial charge in [0.25, 0.3) is 0 Å². The van der Waals surface area contributed by atoms with Crippen molar-refractivity contribution in [3.05, 3.63) is 70.3 Å². The van der Waals surface area contributed by atoms with Crippen LogP contribution in [-0.2, 0) is 28.6 Å². The fourth-order valence-electron chi connectivity index (χ4n) is 8.70. The van der Waals surface area contributed by atoms with E-state index in [2.05, 4.69) is 78.8 Å². The van der Waals surface area contributed by atoms with Crippen molar-refractivity contribution in [3.8, 4) is 0 Å². The lowest BCUT2D eigenvalue weighted by Crippen LogP contribution is -2.33. The molecule has 3 N–H and O–H groups in total. The molecule has 0 saturated heterocycles. The predicted octanol–water partition coefficient (Wildman–Crippen LogP) is 15.6. The van der Waals surface area contributed by atoms with E-state index in [0.29, 0.717) is 19.4 Å². The smallest absolute Gasteiger partial charge is 0.378 e. The monoisotopic (exact) mass is 939 g/mol. The van der Waals surface area contributed by atoms with E-state index in [9.17, 15) is 24.6 Å². The van der Waals surface area contributed by atoms with Crippen LogP contribution in [0.25, 0.3) is 0 Å². The highest BCUT2D eigenvalue weighted by Gasteiger charge is 2.41. The zero-order valence-electron chi connectivity index (χ0n) is 43.7. The molecule has 0 saturated carbocycles. The van der Waals surface area contributed by atoms with Crippen LogP contribution in [0.15, 0.2) is 70.3 Å². The minimum atomic E-state index is -1.46. The van der Waals surface area contributed by atoms with Gasteiger partial charge in [0.1, 0.15) is 12.7 Å². The summed E-state index contributed by atoms with van der Waals surface area (Å²) in [5.41, 5.74) is 5.65. The normalized spacial score (nSPS) is 17.0. The topological polar surface area (TPSA) is 140 Å². The van der Waals surface area contributed by atoms with Crippen LogP contribution in [0, 0.1) is 5.41 Å². The maximum Gasteiger partial charge on any atom is 0.378 e. The summed E-state index contributed by atoms with van der Waals surface area (Å²) < 4.78 is 15.1. The van der Waals surface area contributed by atoms with Gasteiger partial charge >= 0.3 is 17.9 Å². The van der Waals surface area contributed by atoms with E-state index in [4.69, 9.17) is 19.3 Å². The lowest BCUT2D eigenvalue weighted by Gasteiger charge is -2.32. The molecule has 0 fully saturated rings. The maximum atomic E-state index is 12.0. The Morgan fingerprint density at radius 2 is 1.18 bits per heavy atom. The van der Waals surface area contributed by atoms with Crippen LogP contribution in [0.2, 0.25) is 0 Å². The minimum Gasteiger partial charge on any atom is -0.499 e. The molecule has 384 valence electrons. The van der Waals surface area contributed by atoms with E-state index in [1.54, 1.807) is 0 Å². The van der Waals surface area contributed by atoms with Crippen LogP contribution in [0.3, 0.4) is 0 Å². The molecule has 0 aromatic carbocycles. The van der Waals surface area contributed by atoms with Gasteiger partial charge in [0.15, 0.2) is 6.10 Å². The second-order valence-corrected chi connectivity index (χ2v) is 19.9. The molecule has 67 heavy (non-hydrogen) atoms. The molecular weight excluding hydrogens is 841 g/mol. The Hall–Kier alpha value is -3.43. The summed E-state index contributed by atoms with van der Waals surface area (Å²) in [7, 11) is 0. The quantitative estimate of drug-likeness (QED) is 0.0240. The minimum absolute atomic E-state index is 0.0720. The highest BCUT2D eigenvalue weighted by atomic mass is 16.6. The molecule has 1 heterocycles. The number of hydrogen-bond donors (Lipinski definition) is 3. The number of rotatable bonds is 37. The molecule has 1 aliphatic carbocycles. The van der Waals surface area contributed by atoms with Crippen molar-refractivity contribution in [2.24, 2.45) is 5.41 Å². The van der Waals surface area contributed by atoms with Crippen molar-refractivity contribution in [2.75, 3.05) is 13.2 Å². The Labute approximate surface area is 409 Å². The molecule has 2 rings (SSSR count). The van der Waals surface area contributed by atoms with Crippen molar-refractivity contribution in [1.29, 1.82) is 0 Å². The van der Waals surface area contributed by atoms with Crippen molar-refractivity contribution >= 4 is 17.9 Å². The van der Waals surface area contributed by atoms with Crippen molar-refractivity contribution in [2.45, 2.75) is 260 Å². The first-order chi connectivity index (χ1) is 32.3. The molecule has 2 atom stereocenters. The van der Waals surface area contributed by atoms with Crippen LogP contribution in [0.1, 0.15) is 248 Å². The summed E-state index contributed by atoms with van der Waals surface area (Å²) in [4.78, 5) is 35.3. The molecule has 0 unspecified atom stereocenters. The Morgan fingerprint density at radius 3 is 1.64 bits per heavy atom. The first-order valence-corrected chi connectivity index (χ1v) is 27.0. The van der Waals surface area contributed by atoms with E-state index in [0.717, 1.165) is 37.7 Å². The second kappa shape index (κ2) is 39.4. The molecule has 9 nitrogen and oxygen atoms in total. The van der Waals surface area contributed by atoms with E-state index in [1.807, 2.05) is 6.08 Å². The third-order valence-corrected chi connectivity index (χ3v) is 13.1.